The van der Waals surface area contributed by atoms with Crippen molar-refractivity contribution in [3.8, 4) is 44.5 Å². The van der Waals surface area contributed by atoms with Crippen molar-refractivity contribution in [2.75, 3.05) is 4.90 Å². The van der Waals surface area contributed by atoms with E-state index in [1.165, 1.54) is 117 Å². The molecule has 6 aliphatic carbocycles. The van der Waals surface area contributed by atoms with Gasteiger partial charge in [0.1, 0.15) is 0 Å². The second kappa shape index (κ2) is 13.6. The second-order valence-corrected chi connectivity index (χ2v) is 20.1. The third-order valence-corrected chi connectivity index (χ3v) is 16.8. The Bertz CT molecular complexity index is 3730. The van der Waals surface area contributed by atoms with Crippen molar-refractivity contribution in [3.63, 3.8) is 0 Å². The van der Waals surface area contributed by atoms with Gasteiger partial charge in [0.05, 0.1) is 10.8 Å². The third-order valence-electron chi connectivity index (χ3n) is 16.8. The lowest BCUT2D eigenvalue weighted by Crippen LogP contribution is -2.28. The smallest absolute Gasteiger partial charge is 0.0726 e. The van der Waals surface area contributed by atoms with Crippen LogP contribution in [0.15, 0.2) is 224 Å². The van der Waals surface area contributed by atoms with Gasteiger partial charge in [0.25, 0.3) is 0 Å². The summed E-state index contributed by atoms with van der Waals surface area (Å²) in [5, 5.41) is 0. The molecule has 1 atom stereocenters. The number of fused-ring (bicyclic) bond motifs is 22. The fraction of sp³-hybridized carbons (Fsp3) is 0.104. The van der Waals surface area contributed by atoms with Gasteiger partial charge in [0, 0.05) is 23.0 Å². The minimum absolute atomic E-state index is 0.0898. The number of hydrogen-bond donors (Lipinski definition) is 0. The summed E-state index contributed by atoms with van der Waals surface area (Å²) >= 11 is 0. The zero-order chi connectivity index (χ0) is 44.9. The summed E-state index contributed by atoms with van der Waals surface area (Å²) in [4.78, 5) is 2.47. The van der Waals surface area contributed by atoms with Gasteiger partial charge in [-0.3, -0.25) is 0 Å². The van der Waals surface area contributed by atoms with Crippen molar-refractivity contribution in [2.45, 2.75) is 42.9 Å². The zero-order valence-corrected chi connectivity index (χ0v) is 38.2. The molecule has 9 aromatic carbocycles. The number of rotatable bonds is 4. The van der Waals surface area contributed by atoms with Crippen molar-refractivity contribution in [3.05, 3.63) is 285 Å². The molecule has 1 heteroatoms. The molecule has 0 aliphatic heterocycles. The van der Waals surface area contributed by atoms with E-state index < -0.39 is 5.41 Å². The molecule has 15 rings (SSSR count). The van der Waals surface area contributed by atoms with Crippen LogP contribution in [-0.2, 0) is 16.2 Å². The van der Waals surface area contributed by atoms with Gasteiger partial charge in [-0.05, 0) is 160 Å². The van der Waals surface area contributed by atoms with Crippen molar-refractivity contribution in [1.82, 2.24) is 0 Å². The molecule has 0 N–H and O–H groups in total. The summed E-state index contributed by atoms with van der Waals surface area (Å²) in [5.41, 5.74) is 29.9. The molecule has 0 heterocycles. The maximum absolute atomic E-state index is 2.52. The molecule has 0 radical (unpaired) electrons. The van der Waals surface area contributed by atoms with Crippen LogP contribution in [0.2, 0.25) is 0 Å². The van der Waals surface area contributed by atoms with Gasteiger partial charge < -0.3 is 4.90 Å². The summed E-state index contributed by atoms with van der Waals surface area (Å²) in [6, 6.07) is 76.3. The Morgan fingerprint density at radius 1 is 0.397 bits per heavy atom. The lowest BCUT2D eigenvalue weighted by atomic mass is 9.67. The first-order chi connectivity index (χ1) is 33.5. The third kappa shape index (κ3) is 4.62. The second-order valence-electron chi connectivity index (χ2n) is 20.1. The summed E-state index contributed by atoms with van der Waals surface area (Å²) in [7, 11) is 0. The summed E-state index contributed by atoms with van der Waals surface area (Å²) in [6.07, 6.45) is 11.7. The molecule has 1 nitrogen and oxygen atoms in total. The predicted molar refractivity (Wildman–Crippen MR) is 281 cm³/mol. The van der Waals surface area contributed by atoms with Crippen LogP contribution in [0.5, 0.6) is 0 Å². The largest absolute Gasteiger partial charge is 0.317 e. The van der Waals surface area contributed by atoms with Gasteiger partial charge in [-0.15, -0.1) is 0 Å². The molecule has 2 spiro atoms. The van der Waals surface area contributed by atoms with E-state index >= 15 is 0 Å². The van der Waals surface area contributed by atoms with Crippen molar-refractivity contribution >= 4 is 23.0 Å². The highest BCUT2D eigenvalue weighted by Gasteiger charge is 2.54. The molecule has 1 unspecified atom stereocenters. The summed E-state index contributed by atoms with van der Waals surface area (Å²) in [5.74, 6) is 0. The molecular formula is C67H47N. The highest BCUT2D eigenvalue weighted by Crippen LogP contribution is 2.66. The number of allylic oxidation sites excluding steroid dienone is 4. The molecule has 320 valence electrons. The van der Waals surface area contributed by atoms with Crippen LogP contribution < -0.4 is 4.90 Å². The summed E-state index contributed by atoms with van der Waals surface area (Å²) in [6.45, 7) is 4.75. The van der Waals surface area contributed by atoms with Gasteiger partial charge in [-0.25, -0.2) is 0 Å². The number of nitrogens with zero attached hydrogens (tertiary/aromatic N) is 1. The Morgan fingerprint density at radius 3 is 1.51 bits per heavy atom. The van der Waals surface area contributed by atoms with E-state index in [9.17, 15) is 0 Å². The van der Waals surface area contributed by atoms with E-state index in [4.69, 9.17) is 0 Å². The highest BCUT2D eigenvalue weighted by atomic mass is 15.1. The highest BCUT2D eigenvalue weighted by molar-refractivity contribution is 6.00. The number of anilines is 2. The SMILES string of the molecule is CC1(C)c2ccccc2-c2cc(N(C=Cc3cccc4c3C3(C5=C(C=CCC5)c5ccccc53)c3ccccc3-4)c3ccc4c(c3)C3(c5ccccc5-c5ccccc53)c3ccccc3-4)ccc21. The maximum Gasteiger partial charge on any atom is 0.0726 e. The first-order valence-corrected chi connectivity index (χ1v) is 24.4. The van der Waals surface area contributed by atoms with Crippen LogP contribution in [0, 0.1) is 0 Å². The van der Waals surface area contributed by atoms with E-state index in [1.807, 2.05) is 0 Å². The zero-order valence-electron chi connectivity index (χ0n) is 38.2. The Hall–Kier alpha value is -8.00. The molecule has 68 heavy (non-hydrogen) atoms. The minimum Gasteiger partial charge on any atom is -0.317 e. The first-order valence-electron chi connectivity index (χ1n) is 24.4. The maximum atomic E-state index is 2.52. The van der Waals surface area contributed by atoms with E-state index in [2.05, 4.69) is 243 Å². The quantitative estimate of drug-likeness (QED) is 0.170. The normalized spacial score (nSPS) is 18.1. The molecule has 0 saturated heterocycles. The molecule has 0 aromatic heterocycles. The Morgan fingerprint density at radius 2 is 0.868 bits per heavy atom. The van der Waals surface area contributed by atoms with E-state index in [1.54, 1.807) is 0 Å². The van der Waals surface area contributed by atoms with Gasteiger partial charge >= 0.3 is 0 Å². The van der Waals surface area contributed by atoms with Crippen LogP contribution in [0.25, 0.3) is 56.2 Å². The predicted octanol–water partition coefficient (Wildman–Crippen LogP) is 16.6. The first kappa shape index (κ1) is 38.1. The molecular weight excluding hydrogens is 819 g/mol. The van der Waals surface area contributed by atoms with Crippen LogP contribution in [-0.4, -0.2) is 0 Å². The standard InChI is InChI=1S/C67H47N/c1-65(2)55-27-10-3-25-51(55)54-40-43(35-37-56(54)65)68(44-34-36-52-49-23-6-13-30-59(49)66(63(52)41-44)57-28-11-4-19-45(57)46-20-5-12-29-58(46)66)39-38-42-18-17-26-53-50-24-9-16-33-62(50)67(64(42)53)60-31-14-7-21-47(60)48-22-8-15-32-61(48)67/h3-14,16-31,33-41H,15,32H2,1-2H3. The van der Waals surface area contributed by atoms with Crippen LogP contribution in [0.1, 0.15) is 87.9 Å². The Kier molecular flexibility index (Phi) is 7.60. The monoisotopic (exact) mass is 865 g/mol. The van der Waals surface area contributed by atoms with E-state index in [0.717, 1.165) is 24.2 Å². The fourth-order valence-corrected chi connectivity index (χ4v) is 14.2. The molecule has 0 bridgehead atoms. The van der Waals surface area contributed by atoms with Crippen LogP contribution in [0.3, 0.4) is 0 Å². The molecule has 9 aromatic rings. The van der Waals surface area contributed by atoms with Crippen molar-refractivity contribution in [1.29, 1.82) is 0 Å². The Labute approximate surface area is 398 Å². The van der Waals surface area contributed by atoms with Gasteiger partial charge in [0.2, 0.25) is 0 Å². The molecule has 0 amide bonds. The average Bonchev–Trinajstić information content (AvgIpc) is 4.13. The average molecular weight is 866 g/mol. The van der Waals surface area contributed by atoms with E-state index in [0.29, 0.717) is 0 Å². The minimum atomic E-state index is -0.445. The van der Waals surface area contributed by atoms with Crippen molar-refractivity contribution < 1.29 is 0 Å². The molecule has 0 fully saturated rings. The number of hydrogen-bond acceptors (Lipinski definition) is 1. The van der Waals surface area contributed by atoms with E-state index in [-0.39, 0.29) is 10.8 Å². The molecule has 0 saturated carbocycles. The van der Waals surface area contributed by atoms with Gasteiger partial charge in [0.15, 0.2) is 0 Å². The summed E-state index contributed by atoms with van der Waals surface area (Å²) < 4.78 is 0. The topological polar surface area (TPSA) is 3.24 Å². The van der Waals surface area contributed by atoms with Crippen LogP contribution in [0.4, 0.5) is 11.4 Å². The molecule has 6 aliphatic rings. The lowest BCUT2D eigenvalue weighted by Gasteiger charge is -2.34. The lowest BCUT2D eigenvalue weighted by molar-refractivity contribution is 0.660. The van der Waals surface area contributed by atoms with Gasteiger partial charge in [-0.1, -0.05) is 202 Å². The van der Waals surface area contributed by atoms with Crippen molar-refractivity contribution in [2.24, 2.45) is 0 Å². The Balaban J connectivity index is 0.977. The van der Waals surface area contributed by atoms with Gasteiger partial charge in [-0.2, -0.15) is 0 Å². The fourth-order valence-electron chi connectivity index (χ4n) is 14.2. The van der Waals surface area contributed by atoms with Crippen LogP contribution >= 0.6 is 0 Å². The number of benzene rings is 9.